The molecule has 2 heterocycles. The number of benzene rings is 1. The third-order valence-corrected chi connectivity index (χ3v) is 3.92. The Balaban J connectivity index is 1.71. The van der Waals surface area contributed by atoms with E-state index in [-0.39, 0.29) is 5.91 Å². The van der Waals surface area contributed by atoms with Gasteiger partial charge in [-0.3, -0.25) is 10.1 Å². The number of unbranched alkanes of at least 4 members (excludes halogenated alkanes) is 1. The van der Waals surface area contributed by atoms with E-state index in [4.69, 9.17) is 4.42 Å². The van der Waals surface area contributed by atoms with Crippen LogP contribution in [0.15, 0.2) is 29.0 Å². The number of carbonyl (C=O) groups excluding carboxylic acids is 1. The van der Waals surface area contributed by atoms with Gasteiger partial charge >= 0.3 is 0 Å². The fourth-order valence-electron chi connectivity index (χ4n) is 1.90. The van der Waals surface area contributed by atoms with Crippen molar-refractivity contribution in [2.75, 3.05) is 5.32 Å². The monoisotopic (exact) mass is 302 g/mol. The Labute approximate surface area is 125 Å². The van der Waals surface area contributed by atoms with Gasteiger partial charge in [0.05, 0.1) is 0 Å². The molecule has 6 nitrogen and oxygen atoms in total. The standard InChI is InChI=1S/C14H14N4O2S/c1-2-3-4-12-17-18-14(21-12)16-13(19)9-5-6-11-10(7-9)15-8-20-11/h5-8H,2-4H2,1H3,(H,16,18,19). The van der Waals surface area contributed by atoms with Gasteiger partial charge < -0.3 is 4.42 Å². The first-order valence-electron chi connectivity index (χ1n) is 6.73. The van der Waals surface area contributed by atoms with Crippen LogP contribution in [0.5, 0.6) is 0 Å². The Morgan fingerprint density at radius 2 is 2.29 bits per heavy atom. The highest BCUT2D eigenvalue weighted by Crippen LogP contribution is 2.19. The first-order valence-corrected chi connectivity index (χ1v) is 7.55. The van der Waals surface area contributed by atoms with Crippen molar-refractivity contribution in [2.45, 2.75) is 26.2 Å². The van der Waals surface area contributed by atoms with Gasteiger partial charge in [0.25, 0.3) is 5.91 Å². The maximum absolute atomic E-state index is 12.2. The number of hydrogen-bond acceptors (Lipinski definition) is 6. The van der Waals surface area contributed by atoms with Crippen LogP contribution < -0.4 is 5.32 Å². The van der Waals surface area contributed by atoms with Crippen molar-refractivity contribution in [3.8, 4) is 0 Å². The minimum absolute atomic E-state index is 0.224. The van der Waals surface area contributed by atoms with Gasteiger partial charge in [0.1, 0.15) is 10.5 Å². The molecule has 0 aliphatic heterocycles. The summed E-state index contributed by atoms with van der Waals surface area (Å²) in [6.07, 6.45) is 4.44. The van der Waals surface area contributed by atoms with E-state index in [1.807, 2.05) is 0 Å². The molecule has 0 atom stereocenters. The number of fused-ring (bicyclic) bond motifs is 1. The van der Waals surface area contributed by atoms with Crippen LogP contribution in [0.4, 0.5) is 5.13 Å². The quantitative estimate of drug-likeness (QED) is 0.782. The van der Waals surface area contributed by atoms with Crippen LogP contribution in [0.3, 0.4) is 0 Å². The number of nitrogens with one attached hydrogen (secondary N) is 1. The van der Waals surface area contributed by atoms with E-state index in [1.165, 1.54) is 17.7 Å². The van der Waals surface area contributed by atoms with Gasteiger partial charge in [0.2, 0.25) is 5.13 Å². The molecule has 0 saturated heterocycles. The summed E-state index contributed by atoms with van der Waals surface area (Å²) in [4.78, 5) is 16.2. The second-order valence-corrected chi connectivity index (χ2v) is 5.66. The number of rotatable bonds is 5. The molecule has 2 aromatic heterocycles. The molecule has 1 amide bonds. The molecule has 0 aliphatic rings. The van der Waals surface area contributed by atoms with Gasteiger partial charge in [0, 0.05) is 12.0 Å². The lowest BCUT2D eigenvalue weighted by molar-refractivity contribution is 0.102. The number of anilines is 1. The molecule has 0 unspecified atom stereocenters. The summed E-state index contributed by atoms with van der Waals surface area (Å²) in [5, 5.41) is 12.3. The van der Waals surface area contributed by atoms with E-state index in [1.54, 1.807) is 18.2 Å². The van der Waals surface area contributed by atoms with Crippen molar-refractivity contribution in [3.63, 3.8) is 0 Å². The van der Waals surface area contributed by atoms with Gasteiger partial charge in [-0.1, -0.05) is 24.7 Å². The lowest BCUT2D eigenvalue weighted by Crippen LogP contribution is -2.11. The van der Waals surface area contributed by atoms with Crippen molar-refractivity contribution < 1.29 is 9.21 Å². The third kappa shape index (κ3) is 3.08. The average molecular weight is 302 g/mol. The lowest BCUT2D eigenvalue weighted by Gasteiger charge is -2.00. The lowest BCUT2D eigenvalue weighted by atomic mass is 10.2. The van der Waals surface area contributed by atoms with E-state index < -0.39 is 0 Å². The minimum Gasteiger partial charge on any atom is -0.443 e. The average Bonchev–Trinajstić information content (AvgIpc) is 3.12. The van der Waals surface area contributed by atoms with Crippen LogP contribution in [0.1, 0.15) is 35.1 Å². The van der Waals surface area contributed by atoms with Crippen molar-refractivity contribution in [3.05, 3.63) is 35.2 Å². The zero-order chi connectivity index (χ0) is 14.7. The molecule has 0 aliphatic carbocycles. The summed E-state index contributed by atoms with van der Waals surface area (Å²) >= 11 is 1.41. The molecule has 3 rings (SSSR count). The topological polar surface area (TPSA) is 80.9 Å². The van der Waals surface area contributed by atoms with Crippen LogP contribution in [0.25, 0.3) is 11.1 Å². The summed E-state index contributed by atoms with van der Waals surface area (Å²) in [5.74, 6) is -0.224. The summed E-state index contributed by atoms with van der Waals surface area (Å²) in [6, 6.07) is 5.11. The number of aryl methyl sites for hydroxylation is 1. The first-order chi connectivity index (χ1) is 10.3. The molecule has 0 saturated carbocycles. The third-order valence-electron chi connectivity index (χ3n) is 3.02. The molecular formula is C14H14N4O2S. The predicted molar refractivity (Wildman–Crippen MR) is 80.5 cm³/mol. The Hall–Kier alpha value is -2.28. The smallest absolute Gasteiger partial charge is 0.257 e. The van der Waals surface area contributed by atoms with Crippen LogP contribution in [0.2, 0.25) is 0 Å². The van der Waals surface area contributed by atoms with Gasteiger partial charge in [0.15, 0.2) is 12.0 Å². The number of aromatic nitrogens is 3. The number of oxazole rings is 1. The van der Waals surface area contributed by atoms with Gasteiger partial charge in [-0.15, -0.1) is 10.2 Å². The van der Waals surface area contributed by atoms with E-state index >= 15 is 0 Å². The molecule has 7 heteroatoms. The van der Waals surface area contributed by atoms with Crippen molar-refractivity contribution in [1.82, 2.24) is 15.2 Å². The molecule has 0 radical (unpaired) electrons. The van der Waals surface area contributed by atoms with Crippen molar-refractivity contribution in [2.24, 2.45) is 0 Å². The van der Waals surface area contributed by atoms with Gasteiger partial charge in [-0.25, -0.2) is 4.98 Å². The predicted octanol–water partition coefficient (Wildman–Crippen LogP) is 3.27. The molecular weight excluding hydrogens is 288 g/mol. The molecule has 0 spiro atoms. The SMILES string of the molecule is CCCCc1nnc(NC(=O)c2ccc3ocnc3c2)s1. The maximum Gasteiger partial charge on any atom is 0.257 e. The molecule has 0 bridgehead atoms. The van der Waals surface area contributed by atoms with Crippen LogP contribution in [-0.2, 0) is 6.42 Å². The van der Waals surface area contributed by atoms with Crippen LogP contribution >= 0.6 is 11.3 Å². The highest BCUT2D eigenvalue weighted by Gasteiger charge is 2.11. The Morgan fingerprint density at radius 3 is 3.14 bits per heavy atom. The largest absolute Gasteiger partial charge is 0.443 e. The molecule has 3 aromatic rings. The van der Waals surface area contributed by atoms with Gasteiger partial charge in [-0.2, -0.15) is 0 Å². The Bertz CT molecular complexity index is 765. The molecule has 1 N–H and O–H groups in total. The van der Waals surface area contributed by atoms with Crippen LogP contribution in [0, 0.1) is 0 Å². The number of hydrogen-bond donors (Lipinski definition) is 1. The zero-order valence-electron chi connectivity index (χ0n) is 11.5. The number of amides is 1. The Morgan fingerprint density at radius 1 is 1.38 bits per heavy atom. The fourth-order valence-corrected chi connectivity index (χ4v) is 2.68. The molecule has 21 heavy (non-hydrogen) atoms. The summed E-state index contributed by atoms with van der Waals surface area (Å²) < 4.78 is 5.15. The number of nitrogens with zero attached hydrogens (tertiary/aromatic N) is 3. The molecule has 0 fully saturated rings. The highest BCUT2D eigenvalue weighted by molar-refractivity contribution is 7.15. The number of carbonyl (C=O) groups is 1. The van der Waals surface area contributed by atoms with Crippen LogP contribution in [-0.4, -0.2) is 21.1 Å². The highest BCUT2D eigenvalue weighted by atomic mass is 32.1. The summed E-state index contributed by atoms with van der Waals surface area (Å²) in [7, 11) is 0. The minimum atomic E-state index is -0.224. The molecule has 1 aromatic carbocycles. The Kier molecular flexibility index (Phi) is 3.92. The first kappa shape index (κ1) is 13.7. The molecule has 108 valence electrons. The van der Waals surface area contributed by atoms with E-state index in [2.05, 4.69) is 27.4 Å². The van der Waals surface area contributed by atoms with Gasteiger partial charge in [-0.05, 0) is 24.6 Å². The van der Waals surface area contributed by atoms with E-state index in [0.29, 0.717) is 21.8 Å². The van der Waals surface area contributed by atoms with E-state index in [0.717, 1.165) is 24.3 Å². The normalized spacial score (nSPS) is 10.9. The summed E-state index contributed by atoms with van der Waals surface area (Å²) in [5.41, 5.74) is 1.83. The second-order valence-electron chi connectivity index (χ2n) is 4.59. The zero-order valence-corrected chi connectivity index (χ0v) is 12.3. The van der Waals surface area contributed by atoms with Crippen molar-refractivity contribution >= 4 is 33.5 Å². The second kappa shape index (κ2) is 6.01. The van der Waals surface area contributed by atoms with E-state index in [9.17, 15) is 4.79 Å². The maximum atomic E-state index is 12.2. The fraction of sp³-hybridized carbons (Fsp3) is 0.286. The summed E-state index contributed by atoms with van der Waals surface area (Å²) in [6.45, 7) is 2.13. The van der Waals surface area contributed by atoms with Crippen molar-refractivity contribution in [1.29, 1.82) is 0 Å².